The van der Waals surface area contributed by atoms with Crippen LogP contribution in [0.5, 0.6) is 5.75 Å². The topological polar surface area (TPSA) is 108 Å². The van der Waals surface area contributed by atoms with Crippen LogP contribution in [0.1, 0.15) is 43.7 Å². The molecule has 9 nitrogen and oxygen atoms in total. The average molecular weight is 541 g/mol. The number of hydrogen-bond donors (Lipinski definition) is 2. The summed E-state index contributed by atoms with van der Waals surface area (Å²) in [6.07, 6.45) is 2.36. The SMILES string of the molecule is Cc1cc2c(cc1S(=O)(=O)N1CCC[C@@H](C(=O)NC3CCN(Cc4ccccc4)CC3)C1)O[C@@H](C)C(=O)N2. The summed E-state index contributed by atoms with van der Waals surface area (Å²) in [5, 5.41) is 5.95. The highest BCUT2D eigenvalue weighted by Gasteiger charge is 2.36. The maximum Gasteiger partial charge on any atom is 0.265 e. The number of sulfonamides is 1. The zero-order chi connectivity index (χ0) is 26.9. The van der Waals surface area contributed by atoms with Crippen molar-refractivity contribution in [3.8, 4) is 5.75 Å². The summed E-state index contributed by atoms with van der Waals surface area (Å²) < 4.78 is 34.3. The van der Waals surface area contributed by atoms with E-state index in [1.165, 1.54) is 15.9 Å². The van der Waals surface area contributed by atoms with Crippen molar-refractivity contribution in [1.82, 2.24) is 14.5 Å². The highest BCUT2D eigenvalue weighted by molar-refractivity contribution is 7.89. The lowest BCUT2D eigenvalue weighted by Gasteiger charge is -2.35. The minimum Gasteiger partial charge on any atom is -0.479 e. The molecule has 0 aromatic heterocycles. The molecule has 10 heteroatoms. The van der Waals surface area contributed by atoms with E-state index in [1.807, 2.05) is 6.07 Å². The molecule has 0 saturated carbocycles. The normalized spacial score (nSPS) is 23.3. The predicted octanol–water partition coefficient (Wildman–Crippen LogP) is 2.90. The molecule has 2 saturated heterocycles. The van der Waals surface area contributed by atoms with Crippen LogP contribution < -0.4 is 15.4 Å². The van der Waals surface area contributed by atoms with Gasteiger partial charge >= 0.3 is 0 Å². The quantitative estimate of drug-likeness (QED) is 0.584. The Morgan fingerprint density at radius 1 is 1.11 bits per heavy atom. The van der Waals surface area contributed by atoms with Gasteiger partial charge in [0.25, 0.3) is 5.91 Å². The van der Waals surface area contributed by atoms with Gasteiger partial charge in [0, 0.05) is 44.8 Å². The number of piperidine rings is 2. The Balaban J connectivity index is 1.19. The van der Waals surface area contributed by atoms with Gasteiger partial charge in [-0.3, -0.25) is 14.5 Å². The Labute approximate surface area is 224 Å². The van der Waals surface area contributed by atoms with E-state index in [1.54, 1.807) is 19.9 Å². The summed E-state index contributed by atoms with van der Waals surface area (Å²) in [6.45, 7) is 6.60. The molecule has 3 aliphatic rings. The number of aryl methyl sites for hydroxylation is 1. The van der Waals surface area contributed by atoms with Gasteiger partial charge < -0.3 is 15.4 Å². The van der Waals surface area contributed by atoms with Gasteiger partial charge in [-0.15, -0.1) is 0 Å². The number of nitrogens with zero attached hydrogens (tertiary/aromatic N) is 2. The molecule has 2 aromatic carbocycles. The third-order valence-electron chi connectivity index (χ3n) is 7.76. The molecule has 0 bridgehead atoms. The summed E-state index contributed by atoms with van der Waals surface area (Å²) in [4.78, 5) is 27.6. The van der Waals surface area contributed by atoms with E-state index in [9.17, 15) is 18.0 Å². The Hall–Kier alpha value is -2.95. The fourth-order valence-corrected chi connectivity index (χ4v) is 7.28. The largest absolute Gasteiger partial charge is 0.479 e. The van der Waals surface area contributed by atoms with Crippen LogP contribution in [-0.2, 0) is 26.2 Å². The predicted molar refractivity (Wildman–Crippen MR) is 144 cm³/mol. The van der Waals surface area contributed by atoms with E-state index < -0.39 is 16.1 Å². The molecule has 2 N–H and O–H groups in total. The van der Waals surface area contributed by atoms with Crippen LogP contribution in [0.25, 0.3) is 0 Å². The lowest BCUT2D eigenvalue weighted by molar-refractivity contribution is -0.127. The molecule has 3 heterocycles. The zero-order valence-corrected chi connectivity index (χ0v) is 22.8. The fourth-order valence-electron chi connectivity index (χ4n) is 5.53. The van der Waals surface area contributed by atoms with Gasteiger partial charge in [0.1, 0.15) is 5.75 Å². The Kier molecular flexibility index (Phi) is 7.74. The van der Waals surface area contributed by atoms with Crippen LogP contribution in [-0.4, -0.2) is 67.8 Å². The number of fused-ring (bicyclic) bond motifs is 1. The number of amides is 2. The monoisotopic (exact) mass is 540 g/mol. The number of carbonyl (C=O) groups excluding carboxylic acids is 2. The molecule has 0 spiro atoms. The number of carbonyl (C=O) groups is 2. The van der Waals surface area contributed by atoms with Crippen LogP contribution in [0.3, 0.4) is 0 Å². The first kappa shape index (κ1) is 26.6. The first-order chi connectivity index (χ1) is 18.2. The Bertz CT molecular complexity index is 1290. The van der Waals surface area contributed by atoms with E-state index >= 15 is 0 Å². The third kappa shape index (κ3) is 5.72. The average Bonchev–Trinajstić information content (AvgIpc) is 2.91. The van der Waals surface area contributed by atoms with Crippen molar-refractivity contribution < 1.29 is 22.7 Å². The van der Waals surface area contributed by atoms with Crippen LogP contribution in [0.4, 0.5) is 5.69 Å². The van der Waals surface area contributed by atoms with Gasteiger partial charge in [-0.25, -0.2) is 8.42 Å². The Morgan fingerprint density at radius 3 is 2.58 bits per heavy atom. The van der Waals surface area contributed by atoms with Crippen LogP contribution in [0, 0.1) is 12.8 Å². The van der Waals surface area contributed by atoms with Crippen molar-refractivity contribution in [3.05, 3.63) is 53.6 Å². The van der Waals surface area contributed by atoms with Crippen molar-refractivity contribution in [1.29, 1.82) is 0 Å². The van der Waals surface area contributed by atoms with E-state index in [2.05, 4.69) is 39.8 Å². The van der Waals surface area contributed by atoms with Crippen LogP contribution >= 0.6 is 0 Å². The molecular formula is C28H36N4O5S. The van der Waals surface area contributed by atoms with E-state index in [0.717, 1.165) is 32.5 Å². The molecule has 0 unspecified atom stereocenters. The summed E-state index contributed by atoms with van der Waals surface area (Å²) in [5.41, 5.74) is 2.28. The second-order valence-electron chi connectivity index (χ2n) is 10.6. The number of likely N-dealkylation sites (tertiary alicyclic amines) is 1. The van der Waals surface area contributed by atoms with Gasteiger partial charge in [0.05, 0.1) is 16.5 Å². The van der Waals surface area contributed by atoms with E-state index in [4.69, 9.17) is 4.74 Å². The highest BCUT2D eigenvalue weighted by atomic mass is 32.2. The minimum absolute atomic E-state index is 0.0616. The zero-order valence-electron chi connectivity index (χ0n) is 22.0. The maximum atomic E-state index is 13.6. The number of rotatable bonds is 6. The molecule has 2 atom stereocenters. The lowest BCUT2D eigenvalue weighted by atomic mass is 9.97. The second-order valence-corrected chi connectivity index (χ2v) is 12.5. The number of benzene rings is 2. The highest BCUT2D eigenvalue weighted by Crippen LogP contribution is 2.36. The molecule has 2 fully saturated rings. The number of hydrogen-bond acceptors (Lipinski definition) is 6. The molecular weight excluding hydrogens is 504 g/mol. The first-order valence-corrected chi connectivity index (χ1v) is 14.8. The minimum atomic E-state index is -3.84. The molecule has 38 heavy (non-hydrogen) atoms. The molecule has 204 valence electrons. The smallest absolute Gasteiger partial charge is 0.265 e. The van der Waals surface area contributed by atoms with Crippen molar-refractivity contribution in [3.63, 3.8) is 0 Å². The van der Waals surface area contributed by atoms with Crippen molar-refractivity contribution in [2.75, 3.05) is 31.5 Å². The third-order valence-corrected chi connectivity index (χ3v) is 9.77. The summed E-state index contributed by atoms with van der Waals surface area (Å²) in [7, 11) is -3.84. The van der Waals surface area contributed by atoms with Crippen molar-refractivity contribution >= 4 is 27.5 Å². The standard InChI is InChI=1S/C28H36N4O5S/c1-19-15-24-25(37-20(2)27(33)30-24)16-26(19)38(35,36)32-12-6-9-22(18-32)28(34)29-23-10-13-31(14-11-23)17-21-7-4-3-5-8-21/h3-5,7-8,15-16,20,22-23H,6,9-14,17-18H2,1-2H3,(H,29,34)(H,30,33)/t20-,22+/m0/s1. The summed E-state index contributed by atoms with van der Waals surface area (Å²) in [6, 6.07) is 13.6. The van der Waals surface area contributed by atoms with E-state index in [0.29, 0.717) is 36.4 Å². The molecule has 5 rings (SSSR count). The molecule has 3 aliphatic heterocycles. The van der Waals surface area contributed by atoms with Crippen molar-refractivity contribution in [2.24, 2.45) is 5.92 Å². The number of nitrogens with one attached hydrogen (secondary N) is 2. The Morgan fingerprint density at radius 2 is 1.84 bits per heavy atom. The fraction of sp³-hybridized carbons (Fsp3) is 0.500. The summed E-state index contributed by atoms with van der Waals surface area (Å²) >= 11 is 0. The maximum absolute atomic E-state index is 13.6. The van der Waals surface area contributed by atoms with Crippen molar-refractivity contribution in [2.45, 2.75) is 63.1 Å². The van der Waals surface area contributed by atoms with Gasteiger partial charge in [0.2, 0.25) is 15.9 Å². The van der Waals surface area contributed by atoms with E-state index in [-0.39, 0.29) is 35.2 Å². The van der Waals surface area contributed by atoms with Crippen LogP contribution in [0.2, 0.25) is 0 Å². The molecule has 2 aromatic rings. The van der Waals surface area contributed by atoms with Gasteiger partial charge in [-0.1, -0.05) is 30.3 Å². The molecule has 0 aliphatic carbocycles. The van der Waals surface area contributed by atoms with Crippen LogP contribution in [0.15, 0.2) is 47.4 Å². The van der Waals surface area contributed by atoms with Gasteiger partial charge in [-0.2, -0.15) is 4.31 Å². The number of ether oxygens (including phenoxy) is 1. The second kappa shape index (κ2) is 11.0. The molecule has 0 radical (unpaired) electrons. The van der Waals surface area contributed by atoms with Gasteiger partial charge in [-0.05, 0) is 56.7 Å². The van der Waals surface area contributed by atoms with Gasteiger partial charge in [0.15, 0.2) is 6.10 Å². The molecule has 2 amide bonds. The first-order valence-electron chi connectivity index (χ1n) is 13.4. The summed E-state index contributed by atoms with van der Waals surface area (Å²) in [5.74, 6) is -0.367. The lowest BCUT2D eigenvalue weighted by Crippen LogP contribution is -2.50. The number of anilines is 1.